The lowest BCUT2D eigenvalue weighted by Gasteiger charge is -2.19. The number of rotatable bonds is 3. The lowest BCUT2D eigenvalue weighted by atomic mass is 10.1. The maximum Gasteiger partial charge on any atom is 0.335 e. The molecule has 1 fully saturated rings. The summed E-state index contributed by atoms with van der Waals surface area (Å²) in [4.78, 5) is 13.2. The van der Waals surface area contributed by atoms with Gasteiger partial charge in [-0.1, -0.05) is 0 Å². The van der Waals surface area contributed by atoms with Crippen molar-refractivity contribution in [2.45, 2.75) is 13.3 Å². The quantitative estimate of drug-likeness (QED) is 0.831. The molecular weight excluding hydrogens is 216 g/mol. The van der Waals surface area contributed by atoms with E-state index >= 15 is 0 Å². The standard InChI is InChI=1S/C13H18N2O2/c1-9-6-11(2-3-12(9)13(16)17)15-5-4-10(7-14)8-15/h2-3,6,10H,4-5,7-8,14H2,1H3,(H,16,17). The van der Waals surface area contributed by atoms with Crippen LogP contribution in [0.2, 0.25) is 0 Å². The molecule has 0 radical (unpaired) electrons. The first-order chi connectivity index (χ1) is 8.11. The molecule has 1 aliphatic rings. The van der Waals surface area contributed by atoms with Crippen LogP contribution in [-0.2, 0) is 0 Å². The van der Waals surface area contributed by atoms with Gasteiger partial charge in [0.2, 0.25) is 0 Å². The van der Waals surface area contributed by atoms with E-state index in [1.165, 1.54) is 0 Å². The third kappa shape index (κ3) is 2.42. The smallest absolute Gasteiger partial charge is 0.335 e. The minimum atomic E-state index is -0.865. The number of nitrogens with zero attached hydrogens (tertiary/aromatic N) is 1. The van der Waals surface area contributed by atoms with Crippen molar-refractivity contribution in [3.8, 4) is 0 Å². The highest BCUT2D eigenvalue weighted by Gasteiger charge is 2.21. The Morgan fingerprint density at radius 2 is 2.35 bits per heavy atom. The van der Waals surface area contributed by atoms with Crippen LogP contribution in [0, 0.1) is 12.8 Å². The van der Waals surface area contributed by atoms with Crippen LogP contribution < -0.4 is 10.6 Å². The van der Waals surface area contributed by atoms with Gasteiger partial charge in [-0.3, -0.25) is 0 Å². The zero-order valence-electron chi connectivity index (χ0n) is 10.0. The molecule has 17 heavy (non-hydrogen) atoms. The summed E-state index contributed by atoms with van der Waals surface area (Å²) in [6, 6.07) is 5.51. The highest BCUT2D eigenvalue weighted by molar-refractivity contribution is 5.89. The monoisotopic (exact) mass is 234 g/mol. The molecule has 3 N–H and O–H groups in total. The Balaban J connectivity index is 2.18. The molecule has 1 aromatic rings. The summed E-state index contributed by atoms with van der Waals surface area (Å²) in [5, 5.41) is 8.97. The van der Waals surface area contributed by atoms with Gasteiger partial charge in [0.25, 0.3) is 0 Å². The van der Waals surface area contributed by atoms with Gasteiger partial charge in [-0.05, 0) is 49.6 Å². The molecule has 1 heterocycles. The maximum absolute atomic E-state index is 10.9. The van der Waals surface area contributed by atoms with E-state index in [-0.39, 0.29) is 0 Å². The Morgan fingerprint density at radius 1 is 1.59 bits per heavy atom. The molecule has 1 aliphatic heterocycles. The molecule has 0 amide bonds. The first-order valence-corrected chi connectivity index (χ1v) is 5.90. The van der Waals surface area contributed by atoms with Gasteiger partial charge in [-0.2, -0.15) is 0 Å². The lowest BCUT2D eigenvalue weighted by Crippen LogP contribution is -2.22. The van der Waals surface area contributed by atoms with E-state index in [1.54, 1.807) is 6.07 Å². The van der Waals surface area contributed by atoms with Gasteiger partial charge >= 0.3 is 5.97 Å². The Hall–Kier alpha value is -1.55. The van der Waals surface area contributed by atoms with Gasteiger partial charge in [-0.25, -0.2) is 4.79 Å². The van der Waals surface area contributed by atoms with E-state index < -0.39 is 5.97 Å². The molecule has 1 aromatic carbocycles. The van der Waals surface area contributed by atoms with Gasteiger partial charge in [0, 0.05) is 18.8 Å². The largest absolute Gasteiger partial charge is 0.478 e. The van der Waals surface area contributed by atoms with E-state index in [2.05, 4.69) is 4.90 Å². The number of carbonyl (C=O) groups is 1. The van der Waals surface area contributed by atoms with Crippen molar-refractivity contribution in [3.63, 3.8) is 0 Å². The van der Waals surface area contributed by atoms with Crippen LogP contribution in [0.15, 0.2) is 18.2 Å². The van der Waals surface area contributed by atoms with E-state index in [1.807, 2.05) is 19.1 Å². The summed E-state index contributed by atoms with van der Waals surface area (Å²) in [7, 11) is 0. The predicted molar refractivity (Wildman–Crippen MR) is 67.5 cm³/mol. The van der Waals surface area contributed by atoms with Crippen molar-refractivity contribution < 1.29 is 9.90 Å². The zero-order chi connectivity index (χ0) is 12.4. The molecule has 2 rings (SSSR count). The number of hydrogen-bond acceptors (Lipinski definition) is 3. The molecular formula is C13H18N2O2. The number of benzene rings is 1. The first kappa shape index (κ1) is 11.9. The Bertz CT molecular complexity index is 431. The Morgan fingerprint density at radius 3 is 2.88 bits per heavy atom. The van der Waals surface area contributed by atoms with E-state index in [0.717, 1.165) is 37.3 Å². The molecule has 0 aromatic heterocycles. The SMILES string of the molecule is Cc1cc(N2CCC(CN)C2)ccc1C(=O)O. The molecule has 4 heteroatoms. The average molecular weight is 234 g/mol. The molecule has 1 unspecified atom stereocenters. The first-order valence-electron chi connectivity index (χ1n) is 5.90. The molecule has 0 aliphatic carbocycles. The van der Waals surface area contributed by atoms with Crippen molar-refractivity contribution in [2.24, 2.45) is 11.7 Å². The second-order valence-corrected chi connectivity index (χ2v) is 4.64. The van der Waals surface area contributed by atoms with Gasteiger partial charge < -0.3 is 15.7 Å². The summed E-state index contributed by atoms with van der Waals surface area (Å²) in [5.41, 5.74) is 7.95. The molecule has 0 spiro atoms. The van der Waals surface area contributed by atoms with Crippen LogP contribution in [0.5, 0.6) is 0 Å². The van der Waals surface area contributed by atoms with Gasteiger partial charge in [0.1, 0.15) is 0 Å². The zero-order valence-corrected chi connectivity index (χ0v) is 10.0. The molecule has 4 nitrogen and oxygen atoms in total. The van der Waals surface area contributed by atoms with Crippen molar-refractivity contribution >= 4 is 11.7 Å². The van der Waals surface area contributed by atoms with Crippen molar-refractivity contribution in [2.75, 3.05) is 24.5 Å². The average Bonchev–Trinajstić information content (AvgIpc) is 2.76. The summed E-state index contributed by atoms with van der Waals surface area (Å²) >= 11 is 0. The summed E-state index contributed by atoms with van der Waals surface area (Å²) in [5.74, 6) is -0.301. The van der Waals surface area contributed by atoms with Crippen molar-refractivity contribution in [1.29, 1.82) is 0 Å². The Kier molecular flexibility index (Phi) is 3.33. The van der Waals surface area contributed by atoms with Crippen LogP contribution in [0.25, 0.3) is 0 Å². The minimum absolute atomic E-state index is 0.378. The number of aromatic carboxylic acids is 1. The van der Waals surface area contributed by atoms with Crippen LogP contribution >= 0.6 is 0 Å². The second-order valence-electron chi connectivity index (χ2n) is 4.64. The number of carboxylic acids is 1. The van der Waals surface area contributed by atoms with Crippen molar-refractivity contribution in [3.05, 3.63) is 29.3 Å². The van der Waals surface area contributed by atoms with Gasteiger partial charge in [0.05, 0.1) is 5.56 Å². The van der Waals surface area contributed by atoms with Crippen LogP contribution in [0.1, 0.15) is 22.3 Å². The number of hydrogen-bond donors (Lipinski definition) is 2. The molecule has 0 saturated carbocycles. The fraction of sp³-hybridized carbons (Fsp3) is 0.462. The van der Waals surface area contributed by atoms with Crippen LogP contribution in [0.3, 0.4) is 0 Å². The maximum atomic E-state index is 10.9. The minimum Gasteiger partial charge on any atom is -0.478 e. The predicted octanol–water partition coefficient (Wildman–Crippen LogP) is 1.48. The molecule has 1 saturated heterocycles. The lowest BCUT2D eigenvalue weighted by molar-refractivity contribution is 0.0696. The fourth-order valence-corrected chi connectivity index (χ4v) is 2.34. The normalized spacial score (nSPS) is 19.6. The highest BCUT2D eigenvalue weighted by atomic mass is 16.4. The Labute approximate surface area is 101 Å². The van der Waals surface area contributed by atoms with Crippen LogP contribution in [-0.4, -0.2) is 30.7 Å². The second kappa shape index (κ2) is 4.75. The number of nitrogens with two attached hydrogens (primary N) is 1. The van der Waals surface area contributed by atoms with Gasteiger partial charge in [-0.15, -0.1) is 0 Å². The third-order valence-corrected chi connectivity index (χ3v) is 3.42. The van der Waals surface area contributed by atoms with Crippen molar-refractivity contribution in [1.82, 2.24) is 0 Å². The summed E-state index contributed by atoms with van der Waals surface area (Å²) < 4.78 is 0. The molecule has 92 valence electrons. The number of aryl methyl sites for hydroxylation is 1. The summed E-state index contributed by atoms with van der Waals surface area (Å²) in [6.45, 7) is 4.54. The highest BCUT2D eigenvalue weighted by Crippen LogP contribution is 2.25. The van der Waals surface area contributed by atoms with E-state index in [0.29, 0.717) is 11.5 Å². The third-order valence-electron chi connectivity index (χ3n) is 3.42. The van der Waals surface area contributed by atoms with E-state index in [9.17, 15) is 4.79 Å². The topological polar surface area (TPSA) is 66.6 Å². The fourth-order valence-electron chi connectivity index (χ4n) is 2.34. The van der Waals surface area contributed by atoms with E-state index in [4.69, 9.17) is 10.8 Å². The number of anilines is 1. The molecule has 0 bridgehead atoms. The van der Waals surface area contributed by atoms with Gasteiger partial charge in [0.15, 0.2) is 0 Å². The summed E-state index contributed by atoms with van der Waals surface area (Å²) in [6.07, 6.45) is 1.12. The van der Waals surface area contributed by atoms with Crippen LogP contribution in [0.4, 0.5) is 5.69 Å². The number of carboxylic acid groups (broad SMARTS) is 1. The molecule has 1 atom stereocenters.